The molecule has 2 aromatic rings. The molecule has 2 aliphatic carbocycles. The number of carbonyl (C=O) groups is 1. The van der Waals surface area contributed by atoms with Gasteiger partial charge in [0.25, 0.3) is 11.7 Å². The van der Waals surface area contributed by atoms with Gasteiger partial charge in [0.15, 0.2) is 17.2 Å². The molecule has 142 valence electrons. The van der Waals surface area contributed by atoms with E-state index in [1.54, 1.807) is 23.0 Å². The maximum Gasteiger partial charge on any atom is 0.277 e. The molecular weight excluding hydrogens is 348 g/mol. The van der Waals surface area contributed by atoms with Crippen molar-refractivity contribution < 1.29 is 19.4 Å². The second kappa shape index (κ2) is 6.23. The molecule has 1 spiro atoms. The standard InChI is InChI=1S/C19H22N4O4/c24-15-6-5-14(15)23-11-13(21-22-23)18(25)20-12-4-7-16-17(10-12)27-19(26-16)8-2-1-3-9-19/h4,7,10-11,14-15,24H,1-3,5-6,8-9H2,(H,20,25)/t14-,15-/m1/s1. The van der Waals surface area contributed by atoms with Crippen molar-refractivity contribution in [1.29, 1.82) is 0 Å². The molecule has 1 aromatic heterocycles. The highest BCUT2D eigenvalue weighted by Crippen LogP contribution is 2.46. The highest BCUT2D eigenvalue weighted by atomic mass is 16.7. The summed E-state index contributed by atoms with van der Waals surface area (Å²) in [5.41, 5.74) is 0.837. The first-order valence-electron chi connectivity index (χ1n) is 9.55. The van der Waals surface area contributed by atoms with Crippen molar-refractivity contribution in [1.82, 2.24) is 15.0 Å². The zero-order chi connectivity index (χ0) is 18.4. The molecular formula is C19H22N4O4. The average Bonchev–Trinajstić information content (AvgIpc) is 3.25. The minimum absolute atomic E-state index is 0.0868. The lowest BCUT2D eigenvalue weighted by Gasteiger charge is -2.31. The highest BCUT2D eigenvalue weighted by molar-refractivity contribution is 6.02. The molecule has 0 unspecified atom stereocenters. The van der Waals surface area contributed by atoms with Gasteiger partial charge >= 0.3 is 0 Å². The molecule has 8 nitrogen and oxygen atoms in total. The summed E-state index contributed by atoms with van der Waals surface area (Å²) in [5.74, 6) is 0.507. The van der Waals surface area contributed by atoms with Crippen molar-refractivity contribution in [3.63, 3.8) is 0 Å². The number of benzene rings is 1. The smallest absolute Gasteiger partial charge is 0.277 e. The Kier molecular flexibility index (Phi) is 3.82. The zero-order valence-corrected chi connectivity index (χ0v) is 14.9. The van der Waals surface area contributed by atoms with E-state index in [4.69, 9.17) is 9.47 Å². The van der Waals surface area contributed by atoms with E-state index in [0.717, 1.165) is 44.3 Å². The van der Waals surface area contributed by atoms with Crippen LogP contribution in [0.2, 0.25) is 0 Å². The molecule has 1 amide bonds. The van der Waals surface area contributed by atoms with E-state index >= 15 is 0 Å². The molecule has 1 aromatic carbocycles. The molecule has 0 bridgehead atoms. The predicted molar refractivity (Wildman–Crippen MR) is 95.8 cm³/mol. The Morgan fingerprint density at radius 1 is 1.19 bits per heavy atom. The van der Waals surface area contributed by atoms with Crippen LogP contribution in [-0.2, 0) is 0 Å². The van der Waals surface area contributed by atoms with E-state index in [2.05, 4.69) is 15.6 Å². The SMILES string of the molecule is O=C(Nc1ccc2c(c1)OC1(CCCCC1)O2)c1cn([C@@H]2CC[C@H]2O)nn1. The summed E-state index contributed by atoms with van der Waals surface area (Å²) < 4.78 is 13.7. The Balaban J connectivity index is 1.28. The Hall–Kier alpha value is -2.61. The second-order valence-electron chi connectivity index (χ2n) is 7.59. The third kappa shape index (κ3) is 2.93. The van der Waals surface area contributed by atoms with Gasteiger partial charge in [0.05, 0.1) is 18.3 Å². The fourth-order valence-electron chi connectivity index (χ4n) is 3.98. The van der Waals surface area contributed by atoms with Crippen LogP contribution in [0.4, 0.5) is 5.69 Å². The van der Waals surface area contributed by atoms with Crippen molar-refractivity contribution in [2.24, 2.45) is 0 Å². The molecule has 1 aliphatic heterocycles. The average molecular weight is 370 g/mol. The molecule has 2 N–H and O–H groups in total. The summed E-state index contributed by atoms with van der Waals surface area (Å²) in [6.45, 7) is 0. The van der Waals surface area contributed by atoms with Gasteiger partial charge in [-0.3, -0.25) is 4.79 Å². The van der Waals surface area contributed by atoms with Crippen molar-refractivity contribution in [3.05, 3.63) is 30.1 Å². The van der Waals surface area contributed by atoms with Gasteiger partial charge < -0.3 is 19.9 Å². The molecule has 2 saturated carbocycles. The van der Waals surface area contributed by atoms with E-state index in [0.29, 0.717) is 11.4 Å². The number of aromatic nitrogens is 3. The number of nitrogens with zero attached hydrogens (tertiary/aromatic N) is 3. The Bertz CT molecular complexity index is 874. The van der Waals surface area contributed by atoms with Crippen LogP contribution in [0.3, 0.4) is 0 Å². The lowest BCUT2D eigenvalue weighted by Crippen LogP contribution is -2.40. The summed E-state index contributed by atoms with van der Waals surface area (Å²) in [4.78, 5) is 12.5. The van der Waals surface area contributed by atoms with E-state index in [-0.39, 0.29) is 17.6 Å². The number of fused-ring (bicyclic) bond motifs is 1. The summed E-state index contributed by atoms with van der Waals surface area (Å²) in [7, 11) is 0. The Morgan fingerprint density at radius 3 is 2.74 bits per heavy atom. The number of anilines is 1. The van der Waals surface area contributed by atoms with E-state index in [9.17, 15) is 9.90 Å². The fraction of sp³-hybridized carbons (Fsp3) is 0.526. The number of nitrogens with one attached hydrogen (secondary N) is 1. The first kappa shape index (κ1) is 16.6. The van der Waals surface area contributed by atoms with Crippen molar-refractivity contribution in [2.45, 2.75) is 62.9 Å². The van der Waals surface area contributed by atoms with Gasteiger partial charge in [-0.2, -0.15) is 0 Å². The van der Waals surface area contributed by atoms with Gasteiger partial charge in [-0.25, -0.2) is 4.68 Å². The topological polar surface area (TPSA) is 98.5 Å². The van der Waals surface area contributed by atoms with E-state index in [1.165, 1.54) is 6.42 Å². The van der Waals surface area contributed by atoms with Gasteiger partial charge in [-0.1, -0.05) is 11.6 Å². The number of hydrogen-bond acceptors (Lipinski definition) is 6. The summed E-state index contributed by atoms with van der Waals surface area (Å²) >= 11 is 0. The largest absolute Gasteiger partial charge is 0.448 e. The maximum absolute atomic E-state index is 12.5. The van der Waals surface area contributed by atoms with Gasteiger partial charge in [0, 0.05) is 24.6 Å². The highest BCUT2D eigenvalue weighted by Gasteiger charge is 2.42. The molecule has 0 radical (unpaired) electrons. The lowest BCUT2D eigenvalue weighted by atomic mass is 9.89. The first-order chi connectivity index (χ1) is 13.1. The Labute approximate surface area is 156 Å². The van der Waals surface area contributed by atoms with Crippen LogP contribution in [0.25, 0.3) is 0 Å². The minimum atomic E-state index is -0.532. The number of carbonyl (C=O) groups excluding carboxylic acids is 1. The third-order valence-electron chi connectivity index (χ3n) is 5.69. The van der Waals surface area contributed by atoms with Gasteiger partial charge in [0.2, 0.25) is 0 Å². The molecule has 2 atom stereocenters. The summed E-state index contributed by atoms with van der Waals surface area (Å²) in [6, 6.07) is 5.32. The lowest BCUT2D eigenvalue weighted by molar-refractivity contribution is -0.105. The van der Waals surface area contributed by atoms with Crippen LogP contribution in [-0.4, -0.2) is 37.9 Å². The van der Waals surface area contributed by atoms with Crippen LogP contribution < -0.4 is 14.8 Å². The molecule has 3 aliphatic rings. The van der Waals surface area contributed by atoms with Gasteiger partial charge in [-0.05, 0) is 37.8 Å². The van der Waals surface area contributed by atoms with Crippen LogP contribution in [0.1, 0.15) is 61.5 Å². The number of rotatable bonds is 3. The number of hydrogen-bond donors (Lipinski definition) is 2. The number of aliphatic hydroxyl groups is 1. The van der Waals surface area contributed by atoms with Crippen LogP contribution in [0.15, 0.2) is 24.4 Å². The van der Waals surface area contributed by atoms with Crippen LogP contribution in [0.5, 0.6) is 11.5 Å². The monoisotopic (exact) mass is 370 g/mol. The molecule has 2 heterocycles. The Morgan fingerprint density at radius 2 is 2.00 bits per heavy atom. The minimum Gasteiger partial charge on any atom is -0.448 e. The van der Waals surface area contributed by atoms with Crippen molar-refractivity contribution in [2.75, 3.05) is 5.32 Å². The molecule has 27 heavy (non-hydrogen) atoms. The van der Waals surface area contributed by atoms with E-state index in [1.807, 2.05) is 6.07 Å². The second-order valence-corrected chi connectivity index (χ2v) is 7.59. The van der Waals surface area contributed by atoms with E-state index < -0.39 is 11.9 Å². The first-order valence-corrected chi connectivity index (χ1v) is 9.55. The van der Waals surface area contributed by atoms with Gasteiger partial charge in [-0.15, -0.1) is 5.10 Å². The molecule has 0 saturated heterocycles. The number of aliphatic hydroxyl groups excluding tert-OH is 1. The maximum atomic E-state index is 12.5. The summed E-state index contributed by atoms with van der Waals surface area (Å²) in [5, 5.41) is 20.4. The number of amides is 1. The summed E-state index contributed by atoms with van der Waals surface area (Å²) in [6.07, 6.45) is 7.95. The zero-order valence-electron chi connectivity index (χ0n) is 14.9. The van der Waals surface area contributed by atoms with Crippen molar-refractivity contribution in [3.8, 4) is 11.5 Å². The van der Waals surface area contributed by atoms with Crippen molar-refractivity contribution >= 4 is 11.6 Å². The fourth-order valence-corrected chi connectivity index (χ4v) is 3.98. The van der Waals surface area contributed by atoms with Gasteiger partial charge in [0.1, 0.15) is 0 Å². The van der Waals surface area contributed by atoms with Crippen LogP contribution in [0, 0.1) is 0 Å². The number of ether oxygens (including phenoxy) is 2. The normalized spacial score (nSPS) is 25.2. The molecule has 2 fully saturated rings. The molecule has 8 heteroatoms. The third-order valence-corrected chi connectivity index (χ3v) is 5.69. The molecule has 5 rings (SSSR count). The predicted octanol–water partition coefficient (Wildman–Crippen LogP) is 2.66. The van der Waals surface area contributed by atoms with Crippen LogP contribution >= 0.6 is 0 Å². The quantitative estimate of drug-likeness (QED) is 0.862.